The minimum atomic E-state index is 0.929. The maximum atomic E-state index is 6.16. The maximum absolute atomic E-state index is 6.16. The molecule has 0 atom stereocenters. The Bertz CT molecular complexity index is 1430. The summed E-state index contributed by atoms with van der Waals surface area (Å²) >= 11 is 0. The Balaban J connectivity index is 1.77. The van der Waals surface area contributed by atoms with Crippen molar-refractivity contribution in [2.24, 2.45) is 0 Å². The number of benzene rings is 4. The molecule has 0 spiro atoms. The van der Waals surface area contributed by atoms with Gasteiger partial charge >= 0.3 is 0 Å². The lowest BCUT2D eigenvalue weighted by Gasteiger charge is -2.11. The average Bonchev–Trinajstić information content (AvgIpc) is 3.23. The number of rotatable bonds is 1. The second kappa shape index (κ2) is 5.24. The van der Waals surface area contributed by atoms with Crippen molar-refractivity contribution in [3.05, 3.63) is 90.5 Å². The van der Waals surface area contributed by atoms with Gasteiger partial charge in [0.25, 0.3) is 0 Å². The van der Waals surface area contributed by atoms with Crippen LogP contribution in [-0.4, -0.2) is 4.57 Å². The van der Waals surface area contributed by atoms with Gasteiger partial charge in [-0.05, 0) is 36.8 Å². The molecule has 2 heterocycles. The third kappa shape index (κ3) is 1.95. The molecule has 0 N–H and O–H groups in total. The van der Waals surface area contributed by atoms with Crippen LogP contribution in [0.25, 0.3) is 49.4 Å². The molecule has 27 heavy (non-hydrogen) atoms. The predicted molar refractivity (Wildman–Crippen MR) is 113 cm³/mol. The summed E-state index contributed by atoms with van der Waals surface area (Å²) in [7, 11) is 0. The van der Waals surface area contributed by atoms with Crippen molar-refractivity contribution < 1.29 is 4.42 Å². The summed E-state index contributed by atoms with van der Waals surface area (Å²) in [6.07, 6.45) is 0. The lowest BCUT2D eigenvalue weighted by molar-refractivity contribution is 0.668. The van der Waals surface area contributed by atoms with Crippen LogP contribution in [0.2, 0.25) is 0 Å². The van der Waals surface area contributed by atoms with Crippen LogP contribution in [0.4, 0.5) is 0 Å². The Labute approximate surface area is 156 Å². The molecule has 0 fully saturated rings. The third-order valence-electron chi connectivity index (χ3n) is 5.52. The maximum Gasteiger partial charge on any atom is 0.137 e. The molecule has 0 aliphatic heterocycles. The molecule has 6 aromatic rings. The zero-order valence-electron chi connectivity index (χ0n) is 14.9. The number of hydrogen-bond donors (Lipinski definition) is 0. The van der Waals surface area contributed by atoms with Crippen molar-refractivity contribution in [2.45, 2.75) is 6.92 Å². The Morgan fingerprint density at radius 2 is 1.19 bits per heavy atom. The number of nitrogens with zero attached hydrogens (tertiary/aromatic N) is 1. The van der Waals surface area contributed by atoms with Crippen molar-refractivity contribution in [3.63, 3.8) is 0 Å². The molecule has 0 bridgehead atoms. The lowest BCUT2D eigenvalue weighted by atomic mass is 10.1. The van der Waals surface area contributed by atoms with Gasteiger partial charge in [-0.3, -0.25) is 0 Å². The largest absolute Gasteiger partial charge is 0.456 e. The number of hydrogen-bond acceptors (Lipinski definition) is 1. The van der Waals surface area contributed by atoms with Crippen LogP contribution in [0.3, 0.4) is 0 Å². The molecule has 0 amide bonds. The Hall–Kier alpha value is -3.52. The first kappa shape index (κ1) is 14.6. The van der Waals surface area contributed by atoms with E-state index >= 15 is 0 Å². The summed E-state index contributed by atoms with van der Waals surface area (Å²) in [6.45, 7) is 2.18. The third-order valence-corrected chi connectivity index (χ3v) is 5.52. The van der Waals surface area contributed by atoms with Crippen LogP contribution in [0.1, 0.15) is 5.56 Å². The first-order chi connectivity index (χ1) is 13.3. The number of furan rings is 1. The van der Waals surface area contributed by atoms with Crippen molar-refractivity contribution in [3.8, 4) is 5.69 Å². The normalized spacial score (nSPS) is 11.9. The van der Waals surface area contributed by atoms with E-state index in [0.29, 0.717) is 0 Å². The molecule has 2 nitrogen and oxygen atoms in total. The number of aromatic nitrogens is 1. The summed E-state index contributed by atoms with van der Waals surface area (Å²) in [5.74, 6) is 0. The van der Waals surface area contributed by atoms with E-state index in [9.17, 15) is 0 Å². The quantitative estimate of drug-likeness (QED) is 0.313. The van der Waals surface area contributed by atoms with E-state index in [-0.39, 0.29) is 0 Å². The van der Waals surface area contributed by atoms with E-state index in [4.69, 9.17) is 4.42 Å². The highest BCUT2D eigenvalue weighted by atomic mass is 16.3. The molecule has 0 aliphatic carbocycles. The highest BCUT2D eigenvalue weighted by Crippen LogP contribution is 2.36. The van der Waals surface area contributed by atoms with Gasteiger partial charge in [-0.25, -0.2) is 0 Å². The van der Waals surface area contributed by atoms with E-state index in [1.54, 1.807) is 0 Å². The van der Waals surface area contributed by atoms with Crippen LogP contribution >= 0.6 is 0 Å². The molecule has 2 heteroatoms. The van der Waals surface area contributed by atoms with Crippen LogP contribution in [0.5, 0.6) is 0 Å². The van der Waals surface area contributed by atoms with Gasteiger partial charge in [0.15, 0.2) is 0 Å². The smallest absolute Gasteiger partial charge is 0.137 e. The average molecular weight is 347 g/mol. The topological polar surface area (TPSA) is 18.1 Å². The molecule has 0 saturated heterocycles. The fraction of sp³-hybridized carbons (Fsp3) is 0.0400. The van der Waals surface area contributed by atoms with Crippen LogP contribution in [0, 0.1) is 6.92 Å². The van der Waals surface area contributed by atoms with E-state index in [0.717, 1.165) is 11.2 Å². The summed E-state index contributed by atoms with van der Waals surface area (Å²) < 4.78 is 8.51. The molecule has 0 radical (unpaired) electrons. The fourth-order valence-corrected chi connectivity index (χ4v) is 4.29. The van der Waals surface area contributed by atoms with E-state index in [1.165, 1.54) is 43.8 Å². The number of aryl methyl sites for hydroxylation is 1. The van der Waals surface area contributed by atoms with E-state index in [2.05, 4.69) is 84.3 Å². The zero-order valence-corrected chi connectivity index (χ0v) is 14.9. The van der Waals surface area contributed by atoms with Gasteiger partial charge < -0.3 is 8.98 Å². The molecule has 0 saturated carbocycles. The van der Waals surface area contributed by atoms with Crippen molar-refractivity contribution in [1.29, 1.82) is 0 Å². The fourth-order valence-electron chi connectivity index (χ4n) is 4.29. The molecule has 6 rings (SSSR count). The first-order valence-electron chi connectivity index (χ1n) is 9.22. The van der Waals surface area contributed by atoms with Crippen LogP contribution < -0.4 is 0 Å². The van der Waals surface area contributed by atoms with Gasteiger partial charge in [0.05, 0.1) is 16.7 Å². The van der Waals surface area contributed by atoms with Crippen molar-refractivity contribution in [1.82, 2.24) is 4.57 Å². The van der Waals surface area contributed by atoms with E-state index in [1.807, 2.05) is 12.1 Å². The summed E-state index contributed by atoms with van der Waals surface area (Å²) in [5, 5.41) is 4.89. The van der Waals surface area contributed by atoms with Gasteiger partial charge in [0.1, 0.15) is 11.2 Å². The molecular formula is C25H17NO. The van der Waals surface area contributed by atoms with Crippen LogP contribution in [0.15, 0.2) is 89.3 Å². The summed E-state index contributed by atoms with van der Waals surface area (Å²) in [5.41, 5.74) is 6.71. The highest BCUT2D eigenvalue weighted by Gasteiger charge is 2.15. The van der Waals surface area contributed by atoms with Gasteiger partial charge in [-0.2, -0.15) is 0 Å². The van der Waals surface area contributed by atoms with Crippen molar-refractivity contribution in [2.75, 3.05) is 0 Å². The number of para-hydroxylation sites is 3. The summed E-state index contributed by atoms with van der Waals surface area (Å²) in [6, 6.07) is 29.9. The van der Waals surface area contributed by atoms with Crippen molar-refractivity contribution >= 4 is 43.7 Å². The molecule has 128 valence electrons. The van der Waals surface area contributed by atoms with Gasteiger partial charge in [-0.1, -0.05) is 54.6 Å². The molecular weight excluding hydrogens is 330 g/mol. The van der Waals surface area contributed by atoms with E-state index < -0.39 is 0 Å². The van der Waals surface area contributed by atoms with Gasteiger partial charge in [0, 0.05) is 27.6 Å². The highest BCUT2D eigenvalue weighted by molar-refractivity contribution is 6.10. The molecule has 0 aliphatic rings. The minimum Gasteiger partial charge on any atom is -0.456 e. The van der Waals surface area contributed by atoms with Crippen LogP contribution in [-0.2, 0) is 0 Å². The molecule has 4 aromatic carbocycles. The first-order valence-corrected chi connectivity index (χ1v) is 9.22. The Morgan fingerprint density at radius 1 is 0.593 bits per heavy atom. The Kier molecular flexibility index (Phi) is 2.84. The molecule has 0 unspecified atom stereocenters. The number of fused-ring (bicyclic) bond motifs is 6. The zero-order chi connectivity index (χ0) is 18.0. The Morgan fingerprint density at radius 3 is 1.89 bits per heavy atom. The second-order valence-electron chi connectivity index (χ2n) is 7.10. The monoisotopic (exact) mass is 347 g/mol. The lowest BCUT2D eigenvalue weighted by Crippen LogP contribution is -1.96. The van der Waals surface area contributed by atoms with Gasteiger partial charge in [0.2, 0.25) is 0 Å². The second-order valence-corrected chi connectivity index (χ2v) is 7.10. The molecule has 2 aromatic heterocycles. The minimum absolute atomic E-state index is 0.929. The summed E-state index contributed by atoms with van der Waals surface area (Å²) in [4.78, 5) is 0. The SMILES string of the molecule is Cc1cc2c(cc1-n1c3ccccc3c3ccccc31)oc1ccccc12. The van der Waals surface area contributed by atoms with Gasteiger partial charge in [-0.15, -0.1) is 0 Å². The predicted octanol–water partition coefficient (Wildman–Crippen LogP) is 6.99. The standard InChI is InChI=1S/C25H17NO/c1-16-14-20-19-10-4-7-13-24(19)27-25(20)15-23(16)26-21-11-5-2-8-17(21)18-9-3-6-12-22(18)26/h2-15H,1H3.